The number of hydrogen-bond donors (Lipinski definition) is 1. The van der Waals surface area contributed by atoms with E-state index in [1.54, 1.807) is 18.3 Å². The summed E-state index contributed by atoms with van der Waals surface area (Å²) < 4.78 is 0. The molecule has 7 heteroatoms. The minimum Gasteiger partial charge on any atom is -0.365 e. The largest absolute Gasteiger partial charge is 0.365 e. The van der Waals surface area contributed by atoms with Gasteiger partial charge in [-0.3, -0.25) is 15.1 Å². The van der Waals surface area contributed by atoms with Crippen molar-refractivity contribution in [3.8, 4) is 0 Å². The molecule has 7 nitrogen and oxygen atoms in total. The predicted molar refractivity (Wildman–Crippen MR) is 69.9 cm³/mol. The molecule has 0 fully saturated rings. The molecule has 0 saturated heterocycles. The Morgan fingerprint density at radius 1 is 1.32 bits per heavy atom. The van der Waals surface area contributed by atoms with E-state index in [0.717, 1.165) is 5.69 Å². The van der Waals surface area contributed by atoms with Gasteiger partial charge in [0.2, 0.25) is 5.82 Å². The van der Waals surface area contributed by atoms with Gasteiger partial charge in [-0.05, 0) is 19.1 Å². The van der Waals surface area contributed by atoms with Crippen LogP contribution in [0.5, 0.6) is 0 Å². The number of nitro groups is 1. The minimum atomic E-state index is -0.462. The van der Waals surface area contributed by atoms with Crippen LogP contribution < -0.4 is 5.32 Å². The van der Waals surface area contributed by atoms with E-state index in [2.05, 4.69) is 20.3 Å². The van der Waals surface area contributed by atoms with Gasteiger partial charge in [0.15, 0.2) is 0 Å². The van der Waals surface area contributed by atoms with Crippen molar-refractivity contribution in [3.05, 3.63) is 52.2 Å². The highest BCUT2D eigenvalue weighted by atomic mass is 16.6. The summed E-state index contributed by atoms with van der Waals surface area (Å²) in [5.74, 6) is 0.244. The number of aromatic nitrogens is 3. The molecule has 0 bridgehead atoms. The van der Waals surface area contributed by atoms with Gasteiger partial charge in [0, 0.05) is 24.9 Å². The molecule has 0 spiro atoms. The number of pyridine rings is 1. The maximum atomic E-state index is 11.2. The zero-order valence-electron chi connectivity index (χ0n) is 10.4. The van der Waals surface area contributed by atoms with E-state index in [1.165, 1.54) is 6.33 Å². The molecule has 2 heterocycles. The Bertz CT molecular complexity index is 574. The van der Waals surface area contributed by atoms with Gasteiger partial charge in [-0.2, -0.15) is 0 Å². The Hall–Kier alpha value is -2.57. The highest BCUT2D eigenvalue weighted by Crippen LogP contribution is 2.25. The van der Waals surface area contributed by atoms with Gasteiger partial charge in [0.25, 0.3) is 0 Å². The van der Waals surface area contributed by atoms with Crippen LogP contribution in [0.3, 0.4) is 0 Å². The van der Waals surface area contributed by atoms with Gasteiger partial charge < -0.3 is 5.32 Å². The third-order valence-electron chi connectivity index (χ3n) is 2.50. The van der Waals surface area contributed by atoms with Crippen LogP contribution in [-0.4, -0.2) is 26.4 Å². The van der Waals surface area contributed by atoms with Crippen LogP contribution in [0.4, 0.5) is 11.5 Å². The summed E-state index contributed by atoms with van der Waals surface area (Å²) in [5, 5.41) is 14.0. The topological polar surface area (TPSA) is 93.8 Å². The first kappa shape index (κ1) is 12.9. The number of rotatable bonds is 5. The summed E-state index contributed by atoms with van der Waals surface area (Å²) >= 11 is 0. The fourth-order valence-electron chi connectivity index (χ4n) is 1.71. The van der Waals surface area contributed by atoms with Crippen LogP contribution in [0, 0.1) is 10.1 Å². The second kappa shape index (κ2) is 5.85. The van der Waals surface area contributed by atoms with Crippen molar-refractivity contribution in [2.45, 2.75) is 13.3 Å². The van der Waals surface area contributed by atoms with Crippen molar-refractivity contribution in [1.29, 1.82) is 0 Å². The Morgan fingerprint density at radius 3 is 2.79 bits per heavy atom. The third kappa shape index (κ3) is 3.01. The molecule has 98 valence electrons. The first-order valence-corrected chi connectivity index (χ1v) is 5.84. The fourth-order valence-corrected chi connectivity index (χ4v) is 1.71. The molecular formula is C12H13N5O2. The zero-order chi connectivity index (χ0) is 13.7. The van der Waals surface area contributed by atoms with E-state index in [0.29, 0.717) is 18.7 Å². The SMILES string of the molecule is CCNc1ncnc(Cc2ccccn2)c1[N+](=O)[O-]. The van der Waals surface area contributed by atoms with Crippen molar-refractivity contribution in [1.82, 2.24) is 15.0 Å². The second-order valence-electron chi connectivity index (χ2n) is 3.80. The summed E-state index contributed by atoms with van der Waals surface area (Å²) in [6.07, 6.45) is 3.27. The molecule has 0 aromatic carbocycles. The van der Waals surface area contributed by atoms with E-state index in [4.69, 9.17) is 0 Å². The Balaban J connectivity index is 2.39. The number of nitrogens with zero attached hydrogens (tertiary/aromatic N) is 4. The van der Waals surface area contributed by atoms with Crippen molar-refractivity contribution in [2.24, 2.45) is 0 Å². The van der Waals surface area contributed by atoms with Gasteiger partial charge in [0.1, 0.15) is 12.0 Å². The quantitative estimate of drug-likeness (QED) is 0.650. The maximum absolute atomic E-state index is 11.2. The minimum absolute atomic E-state index is 0.0880. The summed E-state index contributed by atoms with van der Waals surface area (Å²) in [7, 11) is 0. The maximum Gasteiger partial charge on any atom is 0.333 e. The Kier molecular flexibility index (Phi) is 3.97. The molecule has 0 aliphatic heterocycles. The monoisotopic (exact) mass is 259 g/mol. The molecule has 0 aliphatic carbocycles. The van der Waals surface area contributed by atoms with Crippen LogP contribution in [0.15, 0.2) is 30.7 Å². The highest BCUT2D eigenvalue weighted by Gasteiger charge is 2.22. The summed E-state index contributed by atoms with van der Waals surface area (Å²) in [6.45, 7) is 2.41. The zero-order valence-corrected chi connectivity index (χ0v) is 10.4. The van der Waals surface area contributed by atoms with Crippen LogP contribution in [0.2, 0.25) is 0 Å². The normalized spacial score (nSPS) is 10.2. The lowest BCUT2D eigenvalue weighted by atomic mass is 10.2. The molecule has 0 radical (unpaired) electrons. The Morgan fingerprint density at radius 2 is 2.16 bits per heavy atom. The first-order valence-electron chi connectivity index (χ1n) is 5.84. The second-order valence-corrected chi connectivity index (χ2v) is 3.80. The summed E-state index contributed by atoms with van der Waals surface area (Å²) in [5.41, 5.74) is 0.997. The summed E-state index contributed by atoms with van der Waals surface area (Å²) in [4.78, 5) is 22.8. The van der Waals surface area contributed by atoms with Crippen molar-refractivity contribution >= 4 is 11.5 Å². The lowest BCUT2D eigenvalue weighted by Crippen LogP contribution is -2.08. The molecule has 2 aromatic heterocycles. The van der Waals surface area contributed by atoms with Crippen LogP contribution in [-0.2, 0) is 6.42 Å². The number of nitrogens with one attached hydrogen (secondary N) is 1. The average Bonchev–Trinajstić information content (AvgIpc) is 2.40. The van der Waals surface area contributed by atoms with Crippen LogP contribution in [0.25, 0.3) is 0 Å². The molecule has 0 unspecified atom stereocenters. The van der Waals surface area contributed by atoms with Crippen molar-refractivity contribution < 1.29 is 4.92 Å². The first-order chi connectivity index (χ1) is 9.22. The average molecular weight is 259 g/mol. The van der Waals surface area contributed by atoms with Crippen molar-refractivity contribution in [3.63, 3.8) is 0 Å². The van der Waals surface area contributed by atoms with E-state index in [9.17, 15) is 10.1 Å². The lowest BCUT2D eigenvalue weighted by Gasteiger charge is -2.06. The predicted octanol–water partition coefficient (Wildman–Crippen LogP) is 1.80. The lowest BCUT2D eigenvalue weighted by molar-refractivity contribution is -0.385. The molecule has 2 aromatic rings. The molecule has 0 amide bonds. The van der Waals surface area contributed by atoms with Gasteiger partial charge >= 0.3 is 5.69 Å². The molecule has 1 N–H and O–H groups in total. The molecule has 19 heavy (non-hydrogen) atoms. The fraction of sp³-hybridized carbons (Fsp3) is 0.250. The highest BCUT2D eigenvalue weighted by molar-refractivity contribution is 5.58. The van der Waals surface area contributed by atoms with Crippen molar-refractivity contribution in [2.75, 3.05) is 11.9 Å². The molecule has 0 aliphatic rings. The Labute approximate surface area is 109 Å². The molecular weight excluding hydrogens is 246 g/mol. The van der Waals surface area contributed by atoms with Gasteiger partial charge in [-0.15, -0.1) is 0 Å². The van der Waals surface area contributed by atoms with Gasteiger partial charge in [-0.25, -0.2) is 9.97 Å². The summed E-state index contributed by atoms with van der Waals surface area (Å²) in [6, 6.07) is 5.43. The standard InChI is InChI=1S/C12H13N5O2/c1-2-13-12-11(17(18)19)10(15-8-16-12)7-9-5-3-4-6-14-9/h3-6,8H,2,7H2,1H3,(H,13,15,16). The van der Waals surface area contributed by atoms with Gasteiger partial charge in [-0.1, -0.05) is 6.07 Å². The van der Waals surface area contributed by atoms with E-state index in [-0.39, 0.29) is 11.5 Å². The van der Waals surface area contributed by atoms with Crippen LogP contribution >= 0.6 is 0 Å². The molecule has 0 atom stereocenters. The number of hydrogen-bond acceptors (Lipinski definition) is 6. The van der Waals surface area contributed by atoms with E-state index >= 15 is 0 Å². The van der Waals surface area contributed by atoms with Crippen LogP contribution in [0.1, 0.15) is 18.3 Å². The van der Waals surface area contributed by atoms with Gasteiger partial charge in [0.05, 0.1) is 4.92 Å². The molecule has 2 rings (SSSR count). The van der Waals surface area contributed by atoms with E-state index in [1.807, 2.05) is 13.0 Å². The smallest absolute Gasteiger partial charge is 0.333 e. The number of anilines is 1. The van der Waals surface area contributed by atoms with E-state index < -0.39 is 4.92 Å². The molecule has 0 saturated carbocycles. The third-order valence-corrected chi connectivity index (χ3v) is 2.50.